The summed E-state index contributed by atoms with van der Waals surface area (Å²) in [4.78, 5) is 11.9. The van der Waals surface area contributed by atoms with Crippen LogP contribution < -0.4 is 5.32 Å². The van der Waals surface area contributed by atoms with Gasteiger partial charge in [-0.1, -0.05) is 30.3 Å². The van der Waals surface area contributed by atoms with Crippen LogP contribution in [0.3, 0.4) is 0 Å². The molecule has 0 unspecified atom stereocenters. The first-order valence-corrected chi connectivity index (χ1v) is 5.95. The van der Waals surface area contributed by atoms with E-state index < -0.39 is 0 Å². The van der Waals surface area contributed by atoms with Crippen LogP contribution in [-0.2, 0) is 4.79 Å². The highest BCUT2D eigenvalue weighted by Crippen LogP contribution is 2.11. The van der Waals surface area contributed by atoms with E-state index in [1.165, 1.54) is 12.1 Å². The Kier molecular flexibility index (Phi) is 4.08. The summed E-state index contributed by atoms with van der Waals surface area (Å²) in [6, 6.07) is 15.2. The number of halogens is 1. The summed E-state index contributed by atoms with van der Waals surface area (Å²) in [5, 5.41) is 2.79. The predicted molar refractivity (Wildman–Crippen MR) is 75.1 cm³/mol. The lowest BCUT2D eigenvalue weighted by Crippen LogP contribution is -2.12. The molecule has 0 aliphatic carbocycles. The molecule has 0 aromatic heterocycles. The van der Waals surface area contributed by atoms with Gasteiger partial charge < -0.3 is 5.32 Å². The lowest BCUT2D eigenvalue weighted by molar-refractivity contribution is -0.112. The highest BCUT2D eigenvalue weighted by molar-refractivity contribution is 6.06. The monoisotopic (exact) mass is 255 g/mol. The largest absolute Gasteiger partial charge is 0.322 e. The van der Waals surface area contributed by atoms with E-state index in [4.69, 9.17) is 0 Å². The molecule has 1 amide bonds. The van der Waals surface area contributed by atoms with Crippen molar-refractivity contribution < 1.29 is 9.18 Å². The van der Waals surface area contributed by atoms with Gasteiger partial charge in [-0.15, -0.1) is 0 Å². The maximum atomic E-state index is 12.8. The van der Waals surface area contributed by atoms with Crippen molar-refractivity contribution in [1.29, 1.82) is 0 Å². The second-order valence-corrected chi connectivity index (χ2v) is 4.20. The second kappa shape index (κ2) is 5.96. The number of anilines is 1. The number of nitrogens with one attached hydrogen (secondary N) is 1. The molecule has 0 saturated carbocycles. The number of amides is 1. The minimum Gasteiger partial charge on any atom is -0.322 e. The zero-order chi connectivity index (χ0) is 13.7. The van der Waals surface area contributed by atoms with Crippen molar-refractivity contribution in [2.75, 3.05) is 5.32 Å². The molecule has 2 aromatic carbocycles. The van der Waals surface area contributed by atoms with Crippen molar-refractivity contribution in [1.82, 2.24) is 0 Å². The average Bonchev–Trinajstić information content (AvgIpc) is 2.42. The molecule has 0 fully saturated rings. The van der Waals surface area contributed by atoms with Crippen molar-refractivity contribution in [2.45, 2.75) is 6.92 Å². The molecule has 2 aromatic rings. The molecule has 0 aliphatic heterocycles. The summed E-state index contributed by atoms with van der Waals surface area (Å²) in [7, 11) is 0. The quantitative estimate of drug-likeness (QED) is 0.829. The zero-order valence-electron chi connectivity index (χ0n) is 10.6. The van der Waals surface area contributed by atoms with Gasteiger partial charge in [0.1, 0.15) is 5.82 Å². The highest BCUT2D eigenvalue weighted by Gasteiger charge is 2.04. The average molecular weight is 255 g/mol. The summed E-state index contributed by atoms with van der Waals surface area (Å²) in [5.41, 5.74) is 2.11. The molecule has 2 nitrogen and oxygen atoms in total. The molecule has 96 valence electrons. The first-order chi connectivity index (χ1) is 9.15. The molecule has 0 atom stereocenters. The van der Waals surface area contributed by atoms with Crippen LogP contribution >= 0.6 is 0 Å². The Hall–Kier alpha value is -2.42. The van der Waals surface area contributed by atoms with Gasteiger partial charge in [-0.2, -0.15) is 0 Å². The first kappa shape index (κ1) is 13.0. The third kappa shape index (κ3) is 3.78. The summed E-state index contributed by atoms with van der Waals surface area (Å²) in [6.07, 6.45) is 1.72. The van der Waals surface area contributed by atoms with Crippen molar-refractivity contribution in [3.05, 3.63) is 71.6 Å². The molecular formula is C16H14FNO. The predicted octanol–water partition coefficient (Wildman–Crippen LogP) is 3.87. The summed E-state index contributed by atoms with van der Waals surface area (Å²) in [6.45, 7) is 1.72. The Bertz CT molecular complexity index is 588. The van der Waals surface area contributed by atoms with E-state index in [0.29, 0.717) is 5.57 Å². The maximum absolute atomic E-state index is 12.8. The van der Waals surface area contributed by atoms with Gasteiger partial charge in [0.2, 0.25) is 0 Å². The minimum absolute atomic E-state index is 0.171. The van der Waals surface area contributed by atoms with E-state index in [1.54, 1.807) is 25.1 Å². The van der Waals surface area contributed by atoms with Crippen LogP contribution in [0.5, 0.6) is 0 Å². The molecule has 1 N–H and O–H groups in total. The fraction of sp³-hybridized carbons (Fsp3) is 0.0625. The van der Waals surface area contributed by atoms with Crippen LogP contribution in [-0.4, -0.2) is 5.91 Å². The molecule has 19 heavy (non-hydrogen) atoms. The van der Waals surface area contributed by atoms with Gasteiger partial charge in [0.25, 0.3) is 5.91 Å². The smallest absolute Gasteiger partial charge is 0.251 e. The Morgan fingerprint density at radius 2 is 1.68 bits per heavy atom. The third-order valence-electron chi connectivity index (χ3n) is 2.64. The van der Waals surface area contributed by atoms with E-state index in [9.17, 15) is 9.18 Å². The molecule has 0 aliphatic rings. The van der Waals surface area contributed by atoms with Gasteiger partial charge >= 0.3 is 0 Å². The SMILES string of the molecule is C/C(=C\c1ccc(F)cc1)C(=O)Nc1ccccc1. The highest BCUT2D eigenvalue weighted by atomic mass is 19.1. The molecule has 0 saturated heterocycles. The minimum atomic E-state index is -0.288. The lowest BCUT2D eigenvalue weighted by Gasteiger charge is -2.05. The number of benzene rings is 2. The van der Waals surface area contributed by atoms with E-state index >= 15 is 0 Å². The lowest BCUT2D eigenvalue weighted by atomic mass is 10.1. The molecule has 0 spiro atoms. The van der Waals surface area contributed by atoms with Crippen LogP contribution in [0.25, 0.3) is 6.08 Å². The standard InChI is InChI=1S/C16H14FNO/c1-12(11-13-7-9-14(17)10-8-13)16(19)18-15-5-3-2-4-6-15/h2-11H,1H3,(H,18,19)/b12-11+. The molecule has 0 heterocycles. The fourth-order valence-electron chi connectivity index (χ4n) is 1.63. The Balaban J connectivity index is 2.08. The molecule has 0 bridgehead atoms. The Morgan fingerprint density at radius 3 is 2.32 bits per heavy atom. The van der Waals surface area contributed by atoms with Crippen LogP contribution in [0.15, 0.2) is 60.2 Å². The summed E-state index contributed by atoms with van der Waals surface area (Å²) >= 11 is 0. The van der Waals surface area contributed by atoms with Crippen molar-refractivity contribution in [2.24, 2.45) is 0 Å². The van der Waals surface area contributed by atoms with E-state index in [2.05, 4.69) is 5.32 Å². The summed E-state index contributed by atoms with van der Waals surface area (Å²) in [5.74, 6) is -0.459. The molecule has 0 radical (unpaired) electrons. The van der Waals surface area contributed by atoms with Crippen molar-refractivity contribution in [3.8, 4) is 0 Å². The number of carbonyl (C=O) groups excluding carboxylic acids is 1. The van der Waals surface area contributed by atoms with Crippen molar-refractivity contribution in [3.63, 3.8) is 0 Å². The molecule has 3 heteroatoms. The summed E-state index contributed by atoms with van der Waals surface area (Å²) < 4.78 is 12.8. The molecule has 2 rings (SSSR count). The number of carbonyl (C=O) groups is 1. The Labute approximate surface area is 111 Å². The van der Waals surface area contributed by atoms with Crippen LogP contribution in [0, 0.1) is 5.82 Å². The van der Waals surface area contributed by atoms with Gasteiger partial charge in [-0.25, -0.2) is 4.39 Å². The topological polar surface area (TPSA) is 29.1 Å². The van der Waals surface area contributed by atoms with E-state index in [0.717, 1.165) is 11.3 Å². The second-order valence-electron chi connectivity index (χ2n) is 4.20. The molecular weight excluding hydrogens is 241 g/mol. The number of hydrogen-bond donors (Lipinski definition) is 1. The van der Waals surface area contributed by atoms with Gasteiger partial charge in [-0.3, -0.25) is 4.79 Å². The number of rotatable bonds is 3. The van der Waals surface area contributed by atoms with Crippen LogP contribution in [0.4, 0.5) is 10.1 Å². The third-order valence-corrected chi connectivity index (χ3v) is 2.64. The fourth-order valence-corrected chi connectivity index (χ4v) is 1.63. The van der Waals surface area contributed by atoms with E-state index in [-0.39, 0.29) is 11.7 Å². The van der Waals surface area contributed by atoms with Crippen LogP contribution in [0.1, 0.15) is 12.5 Å². The van der Waals surface area contributed by atoms with E-state index in [1.807, 2.05) is 30.3 Å². The Morgan fingerprint density at radius 1 is 1.05 bits per heavy atom. The zero-order valence-corrected chi connectivity index (χ0v) is 10.6. The van der Waals surface area contributed by atoms with Gasteiger partial charge in [0.15, 0.2) is 0 Å². The van der Waals surface area contributed by atoms with Crippen LogP contribution in [0.2, 0.25) is 0 Å². The van der Waals surface area contributed by atoms with Gasteiger partial charge in [-0.05, 0) is 42.8 Å². The van der Waals surface area contributed by atoms with Gasteiger partial charge in [0, 0.05) is 11.3 Å². The number of hydrogen-bond acceptors (Lipinski definition) is 1. The maximum Gasteiger partial charge on any atom is 0.251 e. The first-order valence-electron chi connectivity index (χ1n) is 5.95. The normalized spacial score (nSPS) is 11.2. The number of para-hydroxylation sites is 1. The van der Waals surface area contributed by atoms with Gasteiger partial charge in [0.05, 0.1) is 0 Å². The van der Waals surface area contributed by atoms with Crippen molar-refractivity contribution >= 4 is 17.7 Å².